The van der Waals surface area contributed by atoms with Crippen LogP contribution < -0.4 is 4.74 Å². The normalized spacial score (nSPS) is 10.0. The lowest BCUT2D eigenvalue weighted by Gasteiger charge is -2.09. The van der Waals surface area contributed by atoms with E-state index < -0.39 is 11.9 Å². The van der Waals surface area contributed by atoms with Crippen molar-refractivity contribution in [2.24, 2.45) is 0 Å². The van der Waals surface area contributed by atoms with Crippen LogP contribution in [-0.2, 0) is 16.1 Å². The Morgan fingerprint density at radius 3 is 2.14 bits per heavy atom. The van der Waals surface area contributed by atoms with Crippen LogP contribution in [0.3, 0.4) is 0 Å². The second kappa shape index (κ2) is 6.60. The first-order valence-corrected chi connectivity index (χ1v) is 6.11. The Hall–Kier alpha value is -2.76. The molecule has 0 saturated heterocycles. The summed E-state index contributed by atoms with van der Waals surface area (Å²) < 4.78 is 19.9. The Morgan fingerprint density at radius 2 is 1.67 bits per heavy atom. The number of ether oxygens (including phenoxy) is 3. The molecule has 0 bridgehead atoms. The van der Waals surface area contributed by atoms with Crippen molar-refractivity contribution in [3.8, 4) is 5.75 Å². The summed E-state index contributed by atoms with van der Waals surface area (Å²) in [4.78, 5) is 23.2. The number of benzene rings is 1. The molecule has 0 fully saturated rings. The maximum Gasteiger partial charge on any atom is 0.338 e. The highest BCUT2D eigenvalue weighted by atomic mass is 16.5. The van der Waals surface area contributed by atoms with E-state index in [4.69, 9.17) is 9.15 Å². The van der Waals surface area contributed by atoms with Gasteiger partial charge in [-0.3, -0.25) is 0 Å². The number of carbonyl (C=O) groups excluding carboxylic acids is 2. The first kappa shape index (κ1) is 14.6. The third-order valence-corrected chi connectivity index (χ3v) is 2.71. The zero-order valence-corrected chi connectivity index (χ0v) is 11.6. The van der Waals surface area contributed by atoms with E-state index in [1.165, 1.54) is 38.7 Å². The summed E-state index contributed by atoms with van der Waals surface area (Å²) in [5.74, 6) is -0.167. The molecule has 0 spiro atoms. The van der Waals surface area contributed by atoms with E-state index in [0.29, 0.717) is 11.5 Å². The van der Waals surface area contributed by atoms with E-state index in [0.717, 1.165) is 0 Å². The van der Waals surface area contributed by atoms with Gasteiger partial charge < -0.3 is 18.6 Å². The van der Waals surface area contributed by atoms with Gasteiger partial charge in [0, 0.05) is 0 Å². The minimum absolute atomic E-state index is 0.179. The van der Waals surface area contributed by atoms with Crippen molar-refractivity contribution in [3.63, 3.8) is 0 Å². The zero-order chi connectivity index (χ0) is 15.2. The van der Waals surface area contributed by atoms with Crippen LogP contribution in [0, 0.1) is 0 Å². The fourth-order valence-electron chi connectivity index (χ4n) is 1.70. The molecular weight excluding hydrogens is 276 g/mol. The van der Waals surface area contributed by atoms with E-state index in [1.54, 1.807) is 12.1 Å². The van der Waals surface area contributed by atoms with Crippen LogP contribution in [0.25, 0.3) is 0 Å². The third kappa shape index (κ3) is 3.62. The lowest BCUT2D eigenvalue weighted by atomic mass is 10.1. The van der Waals surface area contributed by atoms with Crippen LogP contribution in [0.4, 0.5) is 0 Å². The molecule has 6 nitrogen and oxygen atoms in total. The second-order valence-electron chi connectivity index (χ2n) is 4.10. The van der Waals surface area contributed by atoms with Crippen molar-refractivity contribution in [1.82, 2.24) is 0 Å². The van der Waals surface area contributed by atoms with Gasteiger partial charge in [-0.05, 0) is 30.3 Å². The summed E-state index contributed by atoms with van der Waals surface area (Å²) in [6, 6.07) is 7.86. The summed E-state index contributed by atoms with van der Waals surface area (Å²) in [6.07, 6.45) is 1.53. The van der Waals surface area contributed by atoms with Crippen LogP contribution in [0.5, 0.6) is 5.75 Å². The van der Waals surface area contributed by atoms with Crippen molar-refractivity contribution < 1.29 is 28.2 Å². The van der Waals surface area contributed by atoms with Gasteiger partial charge in [-0.1, -0.05) is 0 Å². The number of furan rings is 1. The van der Waals surface area contributed by atoms with Gasteiger partial charge in [0.25, 0.3) is 0 Å². The number of carbonyl (C=O) groups is 2. The lowest BCUT2D eigenvalue weighted by molar-refractivity contribution is 0.0598. The zero-order valence-electron chi connectivity index (χ0n) is 11.6. The fourth-order valence-corrected chi connectivity index (χ4v) is 1.70. The van der Waals surface area contributed by atoms with Gasteiger partial charge in [0.2, 0.25) is 0 Å². The van der Waals surface area contributed by atoms with Gasteiger partial charge in [-0.25, -0.2) is 9.59 Å². The number of methoxy groups -OCH3 is 2. The molecule has 0 radical (unpaired) electrons. The van der Waals surface area contributed by atoms with E-state index in [2.05, 4.69) is 9.47 Å². The Labute approximate surface area is 121 Å². The van der Waals surface area contributed by atoms with Crippen molar-refractivity contribution in [1.29, 1.82) is 0 Å². The van der Waals surface area contributed by atoms with Crippen LogP contribution in [0.2, 0.25) is 0 Å². The number of esters is 2. The largest absolute Gasteiger partial charge is 0.486 e. The van der Waals surface area contributed by atoms with Gasteiger partial charge in [0.1, 0.15) is 18.1 Å². The van der Waals surface area contributed by atoms with E-state index in [9.17, 15) is 9.59 Å². The first-order valence-electron chi connectivity index (χ1n) is 6.11. The quantitative estimate of drug-likeness (QED) is 0.787. The molecule has 0 unspecified atom stereocenters. The molecule has 21 heavy (non-hydrogen) atoms. The predicted molar refractivity (Wildman–Crippen MR) is 72.2 cm³/mol. The smallest absolute Gasteiger partial charge is 0.338 e. The summed E-state index contributed by atoms with van der Waals surface area (Å²) in [5, 5.41) is 0. The van der Waals surface area contributed by atoms with Gasteiger partial charge in [-0.15, -0.1) is 0 Å². The number of hydrogen-bond donors (Lipinski definition) is 0. The SMILES string of the molecule is COC(=O)c1cc(OCc2ccco2)cc(C(=O)OC)c1. The minimum atomic E-state index is -0.566. The average Bonchev–Trinajstić information content (AvgIpc) is 3.04. The van der Waals surface area contributed by atoms with Crippen molar-refractivity contribution >= 4 is 11.9 Å². The third-order valence-electron chi connectivity index (χ3n) is 2.71. The molecule has 0 aliphatic heterocycles. The van der Waals surface area contributed by atoms with E-state index in [1.807, 2.05) is 0 Å². The Bertz CT molecular complexity index is 595. The Morgan fingerprint density at radius 1 is 1.05 bits per heavy atom. The van der Waals surface area contributed by atoms with Gasteiger partial charge in [0.05, 0.1) is 31.6 Å². The molecule has 0 atom stereocenters. The maximum atomic E-state index is 11.6. The average molecular weight is 290 g/mol. The summed E-state index contributed by atoms with van der Waals surface area (Å²) in [7, 11) is 2.52. The molecule has 0 amide bonds. The molecule has 110 valence electrons. The molecule has 0 aliphatic rings. The standard InChI is InChI=1S/C15H14O6/c1-18-14(16)10-6-11(15(17)19-2)8-13(7-10)21-9-12-4-3-5-20-12/h3-8H,9H2,1-2H3. The van der Waals surface area contributed by atoms with Gasteiger partial charge in [0.15, 0.2) is 0 Å². The maximum absolute atomic E-state index is 11.6. The summed E-state index contributed by atoms with van der Waals surface area (Å²) in [5.41, 5.74) is 0.407. The van der Waals surface area contributed by atoms with Crippen molar-refractivity contribution in [2.75, 3.05) is 14.2 Å². The predicted octanol–water partition coefficient (Wildman–Crippen LogP) is 2.43. The highest BCUT2D eigenvalue weighted by Crippen LogP contribution is 2.20. The first-order chi connectivity index (χ1) is 10.1. The Kier molecular flexibility index (Phi) is 4.61. The molecule has 2 rings (SSSR count). The van der Waals surface area contributed by atoms with Gasteiger partial charge in [-0.2, -0.15) is 0 Å². The molecular formula is C15H14O6. The van der Waals surface area contributed by atoms with Crippen molar-refractivity contribution in [3.05, 3.63) is 53.5 Å². The summed E-state index contributed by atoms with van der Waals surface area (Å²) in [6.45, 7) is 0.179. The van der Waals surface area contributed by atoms with Crippen LogP contribution in [0.15, 0.2) is 41.0 Å². The topological polar surface area (TPSA) is 75.0 Å². The molecule has 0 N–H and O–H groups in total. The van der Waals surface area contributed by atoms with E-state index >= 15 is 0 Å². The number of hydrogen-bond acceptors (Lipinski definition) is 6. The second-order valence-corrected chi connectivity index (χ2v) is 4.10. The molecule has 1 heterocycles. The molecule has 1 aromatic carbocycles. The highest BCUT2D eigenvalue weighted by Gasteiger charge is 2.14. The Balaban J connectivity index is 2.26. The molecule has 2 aromatic rings. The number of rotatable bonds is 5. The monoisotopic (exact) mass is 290 g/mol. The van der Waals surface area contributed by atoms with Crippen LogP contribution in [-0.4, -0.2) is 26.2 Å². The molecule has 6 heteroatoms. The van der Waals surface area contributed by atoms with Crippen molar-refractivity contribution in [2.45, 2.75) is 6.61 Å². The highest BCUT2D eigenvalue weighted by molar-refractivity contribution is 5.96. The van der Waals surface area contributed by atoms with Crippen LogP contribution in [0.1, 0.15) is 26.5 Å². The van der Waals surface area contributed by atoms with E-state index in [-0.39, 0.29) is 17.7 Å². The molecule has 0 saturated carbocycles. The summed E-state index contributed by atoms with van der Waals surface area (Å²) >= 11 is 0. The lowest BCUT2D eigenvalue weighted by Crippen LogP contribution is -2.07. The minimum Gasteiger partial charge on any atom is -0.486 e. The molecule has 0 aliphatic carbocycles. The molecule has 1 aromatic heterocycles. The van der Waals surface area contributed by atoms with Gasteiger partial charge >= 0.3 is 11.9 Å². The fraction of sp³-hybridized carbons (Fsp3) is 0.200. The van der Waals surface area contributed by atoms with Crippen LogP contribution >= 0.6 is 0 Å².